The van der Waals surface area contributed by atoms with E-state index in [1.54, 1.807) is 20.2 Å². The number of benzene rings is 1. The zero-order chi connectivity index (χ0) is 18.8. The number of nitriles is 1. The van der Waals surface area contributed by atoms with E-state index in [0.29, 0.717) is 10.6 Å². The summed E-state index contributed by atoms with van der Waals surface area (Å²) in [7, 11) is 1.62. The zero-order valence-electron chi connectivity index (χ0n) is 13.8. The average Bonchev–Trinajstić information content (AvgIpc) is 2.86. The van der Waals surface area contributed by atoms with E-state index in [9.17, 15) is 23.2 Å². The number of rotatable bonds is 4. The minimum absolute atomic E-state index is 0.141. The number of ether oxygens (including phenoxy) is 1. The summed E-state index contributed by atoms with van der Waals surface area (Å²) < 4.78 is 44.9. The second-order valence-electron chi connectivity index (χ2n) is 5.07. The van der Waals surface area contributed by atoms with Crippen LogP contribution in [0.4, 0.5) is 13.2 Å². The topological polar surface area (TPSA) is 55.0 Å². The van der Waals surface area contributed by atoms with Crippen LogP contribution in [0, 0.1) is 11.3 Å². The quantitative estimate of drug-likeness (QED) is 0.590. The number of halogens is 3. The van der Waals surface area contributed by atoms with E-state index < -0.39 is 17.7 Å². The van der Waals surface area contributed by atoms with Crippen LogP contribution in [0.15, 0.2) is 29.3 Å². The van der Waals surface area contributed by atoms with Crippen LogP contribution in [0.5, 0.6) is 0 Å². The molecule has 4 nitrogen and oxygen atoms in total. The summed E-state index contributed by atoms with van der Waals surface area (Å²) >= 11 is 1.27. The maximum absolute atomic E-state index is 12.8. The van der Waals surface area contributed by atoms with Gasteiger partial charge in [0.05, 0.1) is 22.8 Å². The fourth-order valence-electron chi connectivity index (χ4n) is 2.55. The summed E-state index contributed by atoms with van der Waals surface area (Å²) in [4.78, 5) is 12.3. The van der Waals surface area contributed by atoms with Crippen molar-refractivity contribution in [1.82, 2.24) is 4.57 Å². The van der Waals surface area contributed by atoms with Crippen molar-refractivity contribution in [2.75, 3.05) is 12.9 Å². The summed E-state index contributed by atoms with van der Waals surface area (Å²) in [5.41, 5.74) is 0.207. The van der Waals surface area contributed by atoms with Crippen molar-refractivity contribution in [3.63, 3.8) is 0 Å². The van der Waals surface area contributed by atoms with Gasteiger partial charge in [0.25, 0.3) is 0 Å². The van der Waals surface area contributed by atoms with Gasteiger partial charge < -0.3 is 9.30 Å². The predicted octanol–water partition coefficient (Wildman–Crippen LogP) is 4.48. The Kier molecular flexibility index (Phi) is 5.48. The third kappa shape index (κ3) is 3.51. The number of nitrogens with zero attached hydrogens (tertiary/aromatic N) is 2. The van der Waals surface area contributed by atoms with Gasteiger partial charge >= 0.3 is 12.1 Å². The molecular formula is C17H15F3N2O2S. The molecule has 0 aliphatic rings. The summed E-state index contributed by atoms with van der Waals surface area (Å²) in [6, 6.07) is 6.41. The highest BCUT2D eigenvalue weighted by atomic mass is 32.2. The zero-order valence-corrected chi connectivity index (χ0v) is 14.6. The molecule has 2 rings (SSSR count). The van der Waals surface area contributed by atoms with Crippen LogP contribution in [0.25, 0.3) is 11.1 Å². The van der Waals surface area contributed by atoms with Crippen molar-refractivity contribution in [3.8, 4) is 17.2 Å². The first-order valence-corrected chi connectivity index (χ1v) is 8.50. The SMILES string of the molecule is CCOC(=O)c1c(-c2ccc(C(F)(F)F)cc2)c(C#N)c(SC)n1C. The van der Waals surface area contributed by atoms with Gasteiger partial charge in [0.1, 0.15) is 11.8 Å². The monoisotopic (exact) mass is 368 g/mol. The van der Waals surface area contributed by atoms with Gasteiger partial charge in [-0.05, 0) is 30.9 Å². The van der Waals surface area contributed by atoms with E-state index >= 15 is 0 Å². The molecule has 0 saturated carbocycles. The molecule has 0 radical (unpaired) electrons. The lowest BCUT2D eigenvalue weighted by Gasteiger charge is -2.10. The van der Waals surface area contributed by atoms with Crippen molar-refractivity contribution in [3.05, 3.63) is 41.1 Å². The number of hydrogen-bond acceptors (Lipinski definition) is 4. The normalized spacial score (nSPS) is 11.2. The van der Waals surface area contributed by atoms with Crippen molar-refractivity contribution in [2.24, 2.45) is 7.05 Å². The molecule has 0 bridgehead atoms. The largest absolute Gasteiger partial charge is 0.461 e. The lowest BCUT2D eigenvalue weighted by Crippen LogP contribution is -2.11. The number of hydrogen-bond donors (Lipinski definition) is 0. The van der Waals surface area contributed by atoms with Crippen molar-refractivity contribution < 1.29 is 22.7 Å². The van der Waals surface area contributed by atoms with Crippen LogP contribution < -0.4 is 0 Å². The molecule has 0 unspecified atom stereocenters. The predicted molar refractivity (Wildman–Crippen MR) is 88.3 cm³/mol. The molecule has 0 atom stereocenters. The second-order valence-corrected chi connectivity index (χ2v) is 5.87. The summed E-state index contributed by atoms with van der Waals surface area (Å²) in [6.45, 7) is 1.80. The van der Waals surface area contributed by atoms with Gasteiger partial charge in [-0.25, -0.2) is 4.79 Å². The lowest BCUT2D eigenvalue weighted by atomic mass is 10.0. The maximum Gasteiger partial charge on any atom is 0.416 e. The minimum Gasteiger partial charge on any atom is -0.461 e. The standard InChI is InChI=1S/C17H15F3N2O2S/c1-4-24-16(23)14-13(12(9-21)15(25-3)22(14)2)10-5-7-11(8-6-10)17(18,19)20/h5-8H,4H2,1-3H3. The van der Waals surface area contributed by atoms with Crippen molar-refractivity contribution in [2.45, 2.75) is 18.1 Å². The first-order chi connectivity index (χ1) is 11.8. The van der Waals surface area contributed by atoms with E-state index in [1.165, 1.54) is 28.5 Å². The molecule has 0 amide bonds. The number of aromatic nitrogens is 1. The molecule has 0 N–H and O–H groups in total. The Morgan fingerprint density at radius 2 is 1.92 bits per heavy atom. The van der Waals surface area contributed by atoms with Crippen molar-refractivity contribution >= 4 is 17.7 Å². The van der Waals surface area contributed by atoms with Gasteiger partial charge in [-0.3, -0.25) is 0 Å². The van der Waals surface area contributed by atoms with Crippen molar-refractivity contribution in [1.29, 1.82) is 5.26 Å². The Hall–Kier alpha value is -2.40. The molecule has 1 heterocycles. The summed E-state index contributed by atoms with van der Waals surface area (Å²) in [5, 5.41) is 10.1. The highest BCUT2D eigenvalue weighted by molar-refractivity contribution is 7.98. The fourth-order valence-corrected chi connectivity index (χ4v) is 3.27. The second kappa shape index (κ2) is 7.23. The van der Waals surface area contributed by atoms with Crippen LogP contribution in [-0.2, 0) is 18.0 Å². The van der Waals surface area contributed by atoms with Gasteiger partial charge in [0, 0.05) is 12.6 Å². The molecule has 2 aromatic rings. The molecule has 0 aliphatic carbocycles. The number of thioether (sulfide) groups is 1. The Morgan fingerprint density at radius 1 is 1.32 bits per heavy atom. The van der Waals surface area contributed by atoms with Crippen LogP contribution >= 0.6 is 11.8 Å². The molecular weight excluding hydrogens is 353 g/mol. The minimum atomic E-state index is -4.46. The Morgan fingerprint density at radius 3 is 2.36 bits per heavy atom. The molecule has 0 saturated heterocycles. The lowest BCUT2D eigenvalue weighted by molar-refractivity contribution is -0.137. The summed E-state index contributed by atoms with van der Waals surface area (Å²) in [5.74, 6) is -0.628. The number of carbonyl (C=O) groups excluding carboxylic acids is 1. The summed E-state index contributed by atoms with van der Waals surface area (Å²) in [6.07, 6.45) is -2.71. The fraction of sp³-hybridized carbons (Fsp3) is 0.294. The first-order valence-electron chi connectivity index (χ1n) is 7.27. The van der Waals surface area contributed by atoms with E-state index in [2.05, 4.69) is 0 Å². The Labute approximate surface area is 147 Å². The molecule has 0 spiro atoms. The van der Waals surface area contributed by atoms with E-state index in [4.69, 9.17) is 4.74 Å². The Bertz CT molecular complexity index is 834. The molecule has 1 aromatic carbocycles. The molecule has 25 heavy (non-hydrogen) atoms. The molecule has 8 heteroatoms. The number of alkyl halides is 3. The third-order valence-corrected chi connectivity index (χ3v) is 4.48. The van der Waals surface area contributed by atoms with Crippen LogP contribution in [-0.4, -0.2) is 23.4 Å². The number of esters is 1. The van der Waals surface area contributed by atoms with Gasteiger partial charge in [-0.15, -0.1) is 11.8 Å². The van der Waals surface area contributed by atoms with E-state index in [0.717, 1.165) is 12.1 Å². The molecule has 0 aliphatic heterocycles. The van der Waals surface area contributed by atoms with Gasteiger partial charge in [-0.2, -0.15) is 18.4 Å². The highest BCUT2D eigenvalue weighted by Gasteiger charge is 2.31. The number of carbonyl (C=O) groups is 1. The average molecular weight is 368 g/mol. The first kappa shape index (κ1) is 18.9. The Balaban J connectivity index is 2.71. The maximum atomic E-state index is 12.8. The van der Waals surface area contributed by atoms with Gasteiger partial charge in [0.15, 0.2) is 0 Å². The van der Waals surface area contributed by atoms with Crippen LogP contribution in [0.2, 0.25) is 0 Å². The third-order valence-electron chi connectivity index (χ3n) is 3.62. The van der Waals surface area contributed by atoms with E-state index in [1.807, 2.05) is 6.07 Å². The molecule has 0 fully saturated rings. The molecule has 132 valence electrons. The van der Waals surface area contributed by atoms with Crippen LogP contribution in [0.3, 0.4) is 0 Å². The van der Waals surface area contributed by atoms with Gasteiger partial charge in [0.2, 0.25) is 0 Å². The molecule has 1 aromatic heterocycles. The smallest absolute Gasteiger partial charge is 0.416 e. The highest BCUT2D eigenvalue weighted by Crippen LogP contribution is 2.38. The van der Waals surface area contributed by atoms with Crippen LogP contribution in [0.1, 0.15) is 28.5 Å². The van der Waals surface area contributed by atoms with Gasteiger partial charge in [-0.1, -0.05) is 12.1 Å². The van der Waals surface area contributed by atoms with E-state index in [-0.39, 0.29) is 23.4 Å².